The number of hydrogen-bond donors (Lipinski definition) is 0. The Morgan fingerprint density at radius 2 is 1.64 bits per heavy atom. The first-order chi connectivity index (χ1) is 12.0. The van der Waals surface area contributed by atoms with E-state index in [-0.39, 0.29) is 5.88 Å². The van der Waals surface area contributed by atoms with Crippen molar-refractivity contribution in [3.8, 4) is 23.0 Å². The van der Waals surface area contributed by atoms with Crippen LogP contribution in [0.1, 0.15) is 16.1 Å². The number of aromatic nitrogens is 3. The number of carbonyl (C=O) groups excluding carboxylic acids is 1. The molecule has 0 unspecified atom stereocenters. The predicted molar refractivity (Wildman–Crippen MR) is 82.2 cm³/mol. The van der Waals surface area contributed by atoms with Crippen LogP contribution in [0.4, 0.5) is 13.2 Å². The van der Waals surface area contributed by atoms with Gasteiger partial charge in [0.25, 0.3) is 0 Å². The topological polar surface area (TPSA) is 65.0 Å². The normalized spacial score (nSPS) is 11.2. The van der Waals surface area contributed by atoms with Crippen molar-refractivity contribution in [3.63, 3.8) is 0 Å². The minimum Gasteiger partial charge on any atom is -0.405 e. The van der Waals surface area contributed by atoms with Gasteiger partial charge < -0.3 is 4.74 Å². The molecule has 8 heteroatoms. The molecule has 0 aliphatic rings. The Hall–Kier alpha value is -3.29. The van der Waals surface area contributed by atoms with Gasteiger partial charge in [0.05, 0.1) is 0 Å². The van der Waals surface area contributed by atoms with Crippen molar-refractivity contribution >= 4 is 6.29 Å². The Balaban J connectivity index is 1.77. The van der Waals surface area contributed by atoms with Crippen LogP contribution in [0.2, 0.25) is 0 Å². The summed E-state index contributed by atoms with van der Waals surface area (Å²) in [4.78, 5) is 21.6. The summed E-state index contributed by atoms with van der Waals surface area (Å²) in [5, 5.41) is 0. The summed E-state index contributed by atoms with van der Waals surface area (Å²) in [6, 6.07) is 10.4. The molecule has 0 aliphatic heterocycles. The van der Waals surface area contributed by atoms with Gasteiger partial charge in [-0.15, -0.1) is 0 Å². The average Bonchev–Trinajstić information content (AvgIpc) is 2.62. The summed E-state index contributed by atoms with van der Waals surface area (Å²) in [6.07, 6.45) is -1.37. The number of halogens is 3. The molecule has 0 radical (unpaired) electrons. The molecule has 3 rings (SSSR count). The first kappa shape index (κ1) is 16.6. The van der Waals surface area contributed by atoms with E-state index in [2.05, 4.69) is 15.0 Å². The minimum absolute atomic E-state index is 0.0626. The lowest BCUT2D eigenvalue weighted by molar-refractivity contribution is -0.141. The van der Waals surface area contributed by atoms with Gasteiger partial charge in [0.2, 0.25) is 5.88 Å². The highest BCUT2D eigenvalue weighted by Crippen LogP contribution is 2.29. The maximum Gasteiger partial charge on any atom is 0.433 e. The monoisotopic (exact) mass is 345 g/mol. The van der Waals surface area contributed by atoms with Crippen molar-refractivity contribution < 1.29 is 22.7 Å². The van der Waals surface area contributed by atoms with E-state index in [1.165, 1.54) is 12.3 Å². The van der Waals surface area contributed by atoms with E-state index in [4.69, 9.17) is 4.74 Å². The van der Waals surface area contributed by atoms with E-state index in [1.54, 1.807) is 30.3 Å². The van der Waals surface area contributed by atoms with Crippen LogP contribution in [-0.2, 0) is 6.18 Å². The number of ether oxygens (including phenoxy) is 1. The van der Waals surface area contributed by atoms with Crippen molar-refractivity contribution in [2.75, 3.05) is 0 Å². The Labute approximate surface area is 140 Å². The molecule has 2 aromatic heterocycles. The van der Waals surface area contributed by atoms with Crippen molar-refractivity contribution in [1.82, 2.24) is 15.0 Å². The van der Waals surface area contributed by atoms with E-state index in [0.717, 1.165) is 29.7 Å². The highest BCUT2D eigenvalue weighted by molar-refractivity contribution is 5.76. The van der Waals surface area contributed by atoms with Gasteiger partial charge in [-0.1, -0.05) is 24.3 Å². The number of aldehydes is 1. The maximum atomic E-state index is 12.6. The van der Waals surface area contributed by atoms with Gasteiger partial charge in [-0.05, 0) is 17.7 Å². The molecule has 0 bridgehead atoms. The Morgan fingerprint density at radius 3 is 2.24 bits per heavy atom. The number of rotatable bonds is 4. The quantitative estimate of drug-likeness (QED) is 0.664. The van der Waals surface area contributed by atoms with Crippen molar-refractivity contribution in [1.29, 1.82) is 0 Å². The number of alkyl halides is 3. The molecule has 126 valence electrons. The molecule has 1 aromatic carbocycles. The molecule has 0 fully saturated rings. The van der Waals surface area contributed by atoms with Crippen LogP contribution in [0.5, 0.6) is 11.9 Å². The summed E-state index contributed by atoms with van der Waals surface area (Å²) in [6.45, 7) is 0. The lowest BCUT2D eigenvalue weighted by Crippen LogP contribution is -2.09. The second-order valence-electron chi connectivity index (χ2n) is 4.95. The van der Waals surface area contributed by atoms with E-state index in [0.29, 0.717) is 5.56 Å². The van der Waals surface area contributed by atoms with E-state index in [9.17, 15) is 18.0 Å². The lowest BCUT2D eigenvalue weighted by Gasteiger charge is -2.08. The Bertz CT molecular complexity index is 879. The van der Waals surface area contributed by atoms with Crippen LogP contribution in [-0.4, -0.2) is 21.2 Å². The van der Waals surface area contributed by atoms with Crippen LogP contribution in [0, 0.1) is 0 Å². The van der Waals surface area contributed by atoms with Crippen LogP contribution in [0.25, 0.3) is 11.1 Å². The molecule has 5 nitrogen and oxygen atoms in total. The average molecular weight is 345 g/mol. The third kappa shape index (κ3) is 3.97. The molecule has 0 N–H and O–H groups in total. The summed E-state index contributed by atoms with van der Waals surface area (Å²) in [5.74, 6) is 0.0626. The first-order valence-corrected chi connectivity index (χ1v) is 7.05. The fourth-order valence-corrected chi connectivity index (χ4v) is 2.01. The van der Waals surface area contributed by atoms with Crippen molar-refractivity contribution in [2.45, 2.75) is 6.18 Å². The molecule has 25 heavy (non-hydrogen) atoms. The van der Waals surface area contributed by atoms with Gasteiger partial charge in [-0.3, -0.25) is 4.79 Å². The predicted octanol–water partition coefficient (Wildman–Crippen LogP) is 4.16. The van der Waals surface area contributed by atoms with Gasteiger partial charge in [0, 0.05) is 29.6 Å². The SMILES string of the molecule is O=Cc1ccc(-c2ccc(Oc3nccc(C(F)(F)F)n3)nc2)cc1. The third-order valence-electron chi connectivity index (χ3n) is 3.24. The molecule has 3 aromatic rings. The number of pyridine rings is 1. The summed E-state index contributed by atoms with van der Waals surface area (Å²) >= 11 is 0. The van der Waals surface area contributed by atoms with Crippen LogP contribution in [0.3, 0.4) is 0 Å². The first-order valence-electron chi connectivity index (χ1n) is 7.05. The van der Waals surface area contributed by atoms with Crippen LogP contribution in [0.15, 0.2) is 54.9 Å². The fraction of sp³-hybridized carbons (Fsp3) is 0.0588. The molecular weight excluding hydrogens is 335 g/mol. The maximum absolute atomic E-state index is 12.6. The molecule has 0 saturated heterocycles. The fourth-order valence-electron chi connectivity index (χ4n) is 2.01. The molecule has 0 amide bonds. The van der Waals surface area contributed by atoms with Crippen LogP contribution < -0.4 is 4.74 Å². The van der Waals surface area contributed by atoms with Gasteiger partial charge in [-0.25, -0.2) is 9.97 Å². The molecule has 0 saturated carbocycles. The van der Waals surface area contributed by atoms with E-state index in [1.807, 2.05) is 0 Å². The van der Waals surface area contributed by atoms with Gasteiger partial charge in [-0.2, -0.15) is 18.2 Å². The number of nitrogens with zero attached hydrogens (tertiary/aromatic N) is 3. The molecule has 2 heterocycles. The zero-order chi connectivity index (χ0) is 17.9. The lowest BCUT2D eigenvalue weighted by atomic mass is 10.1. The smallest absolute Gasteiger partial charge is 0.405 e. The highest BCUT2D eigenvalue weighted by atomic mass is 19.4. The summed E-state index contributed by atoms with van der Waals surface area (Å²) < 4.78 is 43.0. The zero-order valence-corrected chi connectivity index (χ0v) is 12.6. The standard InChI is InChI=1S/C17H10F3N3O2/c18-17(19,20)14-7-8-21-16(23-14)25-15-6-5-13(9-22-15)12-3-1-11(10-24)2-4-12/h1-10H. The Morgan fingerprint density at radius 1 is 0.920 bits per heavy atom. The summed E-state index contributed by atoms with van der Waals surface area (Å²) in [5.41, 5.74) is 1.05. The molecular formula is C17H10F3N3O2. The zero-order valence-electron chi connectivity index (χ0n) is 12.6. The minimum atomic E-state index is -4.58. The van der Waals surface area contributed by atoms with Gasteiger partial charge in [0.1, 0.15) is 6.29 Å². The van der Waals surface area contributed by atoms with Crippen molar-refractivity contribution in [3.05, 3.63) is 66.1 Å². The summed E-state index contributed by atoms with van der Waals surface area (Å²) in [7, 11) is 0. The van der Waals surface area contributed by atoms with Gasteiger partial charge in [0.15, 0.2) is 5.69 Å². The van der Waals surface area contributed by atoms with Gasteiger partial charge >= 0.3 is 12.2 Å². The molecule has 0 aliphatic carbocycles. The second kappa shape index (κ2) is 6.68. The number of carbonyl (C=O) groups is 1. The third-order valence-corrected chi connectivity index (χ3v) is 3.24. The largest absolute Gasteiger partial charge is 0.433 e. The number of benzene rings is 1. The number of hydrogen-bond acceptors (Lipinski definition) is 5. The molecule has 0 atom stereocenters. The highest BCUT2D eigenvalue weighted by Gasteiger charge is 2.33. The Kier molecular flexibility index (Phi) is 4.42. The van der Waals surface area contributed by atoms with Crippen LogP contribution >= 0.6 is 0 Å². The second-order valence-corrected chi connectivity index (χ2v) is 4.95. The molecule has 0 spiro atoms. The van der Waals surface area contributed by atoms with Crippen molar-refractivity contribution in [2.24, 2.45) is 0 Å². The van der Waals surface area contributed by atoms with E-state index >= 15 is 0 Å². The van der Waals surface area contributed by atoms with E-state index < -0.39 is 17.9 Å².